The molecule has 4 aromatic rings. The Morgan fingerprint density at radius 1 is 0.452 bits per heavy atom. The number of hydrogen-bond donors (Lipinski definition) is 28. The standard InChI is InChI=1S/C79H117N23O22S2/c1-40(2)66(77(122)99-57(34-62(83)109)69(114)90-36-64(111)87-28-29-124-37-65(112)93-51(68(84)113)12-7-8-26-80)101-71(116)52(13-9-27-88-79(85)86)94-63(110)33-46(30-43-14-18-47(105)19-15-43)92-73(118)55(31-44-16-20-48(106)21-17-44)97-76(121)59(39-126)100-70(115)53(22-24-60(81)107)95-74(119)56(32-45-35-89-50-11-6-5-10-49(45)50)98-78(123)67(41(3)103)102-72(117)54(23-25-61(82)108)96-75(120)58(38-125)91-42(4)104/h5-6,10-11,14-21,35,40-41,46,51-59,66-67,89,103,105-106,125-126H,7-9,12-13,22-34,36-39,80H2,1-4H3,(H2,81,107)(H2,82,108)(H2,83,109)(H2,84,113)(H,87,111)(H,90,114)(H,91,104)(H,92,118)(H,93,112)(H,94,110)(H,95,119)(H,96,120)(H,97,121)(H,98,123)(H,99,122)(H,100,115)(H,101,116)(H,102,117)(H4,85,86,88)/t41-,46+,51-,52+,53+,54+,55+,56+,57+,58+,59+,66+,67+/m1/s1. The highest BCUT2D eigenvalue weighted by Crippen LogP contribution is 2.21. The number of benzene rings is 3. The Balaban J connectivity index is 1.62. The van der Waals surface area contributed by atoms with Crippen molar-refractivity contribution in [3.8, 4) is 11.5 Å². The molecule has 3 aromatic carbocycles. The lowest BCUT2D eigenvalue weighted by Crippen LogP contribution is -2.62. The number of guanidine groups is 1. The molecule has 18 amide bonds. The van der Waals surface area contributed by atoms with E-state index < -0.39 is 254 Å². The molecule has 32 N–H and O–H groups in total. The maximum Gasteiger partial charge on any atom is 0.246 e. The number of thiol groups is 2. The van der Waals surface area contributed by atoms with E-state index in [1.165, 1.54) is 68.6 Å². The van der Waals surface area contributed by atoms with Gasteiger partial charge in [0.2, 0.25) is 106 Å². The summed E-state index contributed by atoms with van der Waals surface area (Å²) in [5.74, 6) is -19.6. The fourth-order valence-corrected chi connectivity index (χ4v) is 13.0. The monoisotopic (exact) mass is 1800 g/mol. The lowest BCUT2D eigenvalue weighted by molar-refractivity contribution is -0.137. The topological polar surface area (TPSA) is 753 Å². The normalized spacial score (nSPS) is 14.1. The van der Waals surface area contributed by atoms with Crippen molar-refractivity contribution in [1.82, 2.24) is 84.7 Å². The first-order valence-electron chi connectivity index (χ1n) is 40.3. The van der Waals surface area contributed by atoms with E-state index in [-0.39, 0.29) is 75.5 Å². The van der Waals surface area contributed by atoms with Crippen LogP contribution in [0.2, 0.25) is 0 Å². The molecule has 0 aliphatic rings. The van der Waals surface area contributed by atoms with E-state index in [0.29, 0.717) is 47.0 Å². The first kappa shape index (κ1) is 105. The number of unbranched alkanes of at least 4 members (excludes halogenated alkanes) is 1. The predicted octanol–water partition coefficient (Wildman–Crippen LogP) is -7.74. The number of ether oxygens (including phenoxy) is 1. The van der Waals surface area contributed by atoms with Crippen LogP contribution in [0.15, 0.2) is 79.0 Å². The summed E-state index contributed by atoms with van der Waals surface area (Å²) in [7, 11) is 0. The van der Waals surface area contributed by atoms with Gasteiger partial charge in [0.25, 0.3) is 0 Å². The number of hydrogen-bond acceptors (Lipinski definition) is 26. The summed E-state index contributed by atoms with van der Waals surface area (Å²) in [6, 6.07) is -0.862. The summed E-state index contributed by atoms with van der Waals surface area (Å²) in [6.45, 7) is 4.09. The van der Waals surface area contributed by atoms with Gasteiger partial charge >= 0.3 is 0 Å². The third kappa shape index (κ3) is 38.9. The second-order valence-electron chi connectivity index (χ2n) is 29.9. The fraction of sp³-hybridized carbons (Fsp3) is 0.506. The van der Waals surface area contributed by atoms with E-state index in [2.05, 4.69) is 110 Å². The molecule has 0 bridgehead atoms. The van der Waals surface area contributed by atoms with Crippen molar-refractivity contribution in [3.05, 3.63) is 95.7 Å². The number of nitrogens with two attached hydrogens (primary N) is 6. The molecule has 0 aliphatic heterocycles. The third-order valence-corrected chi connectivity index (χ3v) is 19.8. The van der Waals surface area contributed by atoms with Crippen LogP contribution in [-0.2, 0) is 110 Å². The summed E-state index contributed by atoms with van der Waals surface area (Å²) in [5.41, 5.74) is 34.6. The number of aliphatic hydroxyl groups excluding tert-OH is 1. The predicted molar refractivity (Wildman–Crippen MR) is 462 cm³/mol. The number of aromatic amines is 1. The quantitative estimate of drug-likeness (QED) is 0.00845. The molecule has 1 heterocycles. The zero-order chi connectivity index (χ0) is 93.9. The number of nitrogens with one attached hydrogen (secondary N) is 17. The summed E-state index contributed by atoms with van der Waals surface area (Å²) in [4.78, 5) is 246. The number of aromatic hydroxyl groups is 2. The van der Waals surface area contributed by atoms with Crippen LogP contribution in [0, 0.1) is 11.3 Å². The number of phenolic OH excluding ortho intramolecular Hbond substituents is 2. The van der Waals surface area contributed by atoms with E-state index in [4.69, 9.17) is 44.5 Å². The Hall–Kier alpha value is -12.9. The van der Waals surface area contributed by atoms with Crippen LogP contribution in [0.1, 0.15) is 115 Å². The van der Waals surface area contributed by atoms with E-state index in [9.17, 15) is 96.8 Å². The Morgan fingerprint density at radius 3 is 1.47 bits per heavy atom. The van der Waals surface area contributed by atoms with Gasteiger partial charge in [0.05, 0.1) is 25.7 Å². The molecule has 0 saturated heterocycles. The number of amides is 18. The molecule has 0 fully saturated rings. The average Bonchev–Trinajstić information content (AvgIpc) is 1.66. The van der Waals surface area contributed by atoms with Crippen molar-refractivity contribution < 1.29 is 106 Å². The fourth-order valence-electron chi connectivity index (χ4n) is 12.5. The second-order valence-corrected chi connectivity index (χ2v) is 30.6. The summed E-state index contributed by atoms with van der Waals surface area (Å²) >= 11 is 8.44. The molecule has 0 aliphatic carbocycles. The van der Waals surface area contributed by atoms with Gasteiger partial charge in [-0.3, -0.25) is 91.7 Å². The summed E-state index contributed by atoms with van der Waals surface area (Å²) in [6.07, 6.45) is -3.41. The zero-order valence-electron chi connectivity index (χ0n) is 70.1. The molecule has 0 saturated carbocycles. The van der Waals surface area contributed by atoms with Gasteiger partial charge in [-0.1, -0.05) is 56.3 Å². The summed E-state index contributed by atoms with van der Waals surface area (Å²) in [5, 5.41) is 77.1. The molecule has 1 aromatic heterocycles. The van der Waals surface area contributed by atoms with Crippen LogP contribution in [0.3, 0.4) is 0 Å². The largest absolute Gasteiger partial charge is 0.508 e. The van der Waals surface area contributed by atoms with E-state index in [1.807, 2.05) is 0 Å². The van der Waals surface area contributed by atoms with Gasteiger partial charge in [-0.05, 0) is 118 Å². The summed E-state index contributed by atoms with van der Waals surface area (Å²) < 4.78 is 5.27. The minimum Gasteiger partial charge on any atom is -0.508 e. The lowest BCUT2D eigenvalue weighted by Gasteiger charge is -2.29. The first-order chi connectivity index (χ1) is 59.6. The van der Waals surface area contributed by atoms with E-state index in [1.54, 1.807) is 24.3 Å². The van der Waals surface area contributed by atoms with Gasteiger partial charge in [-0.25, -0.2) is 0 Å². The van der Waals surface area contributed by atoms with Crippen molar-refractivity contribution in [2.24, 2.45) is 40.3 Å². The highest BCUT2D eigenvalue weighted by molar-refractivity contribution is 7.80. The minimum absolute atomic E-state index is 0.0151. The maximum atomic E-state index is 15.0. The molecule has 13 atom stereocenters. The number of para-hydroxylation sites is 1. The highest BCUT2D eigenvalue weighted by atomic mass is 32.1. The number of fused-ring (bicyclic) bond motifs is 1. The van der Waals surface area contributed by atoms with Gasteiger partial charge in [-0.2, -0.15) is 25.3 Å². The molecule has 692 valence electrons. The Bertz CT molecular complexity index is 4430. The zero-order valence-corrected chi connectivity index (χ0v) is 71.9. The van der Waals surface area contributed by atoms with Crippen LogP contribution in [-0.4, -0.2) is 262 Å². The second kappa shape index (κ2) is 54.7. The Labute approximate surface area is 736 Å². The molecule has 4 rings (SSSR count). The number of phenols is 2. The van der Waals surface area contributed by atoms with Gasteiger partial charge in [0, 0.05) is 86.8 Å². The van der Waals surface area contributed by atoms with Crippen molar-refractivity contribution in [3.63, 3.8) is 0 Å². The van der Waals surface area contributed by atoms with Crippen LogP contribution in [0.4, 0.5) is 0 Å². The van der Waals surface area contributed by atoms with Crippen LogP contribution in [0.5, 0.6) is 11.5 Å². The van der Waals surface area contributed by atoms with Crippen LogP contribution < -0.4 is 114 Å². The number of aromatic nitrogens is 1. The number of rotatable bonds is 58. The molecule has 0 spiro atoms. The number of primary amides is 4. The average molecular weight is 1810 g/mol. The number of carbonyl (C=O) groups is 18. The number of aliphatic hydroxyl groups is 1. The van der Waals surface area contributed by atoms with Crippen molar-refractivity contribution >= 4 is 148 Å². The lowest BCUT2D eigenvalue weighted by atomic mass is 9.99. The smallest absolute Gasteiger partial charge is 0.246 e. The van der Waals surface area contributed by atoms with Gasteiger partial charge in [0.15, 0.2) is 5.96 Å². The number of carbonyl (C=O) groups excluding carboxylic acids is 18. The highest BCUT2D eigenvalue weighted by Gasteiger charge is 2.39. The molecular weight excluding hydrogens is 1690 g/mol. The maximum absolute atomic E-state index is 15.0. The third-order valence-electron chi connectivity index (χ3n) is 19.1. The molecule has 126 heavy (non-hydrogen) atoms. The molecule has 47 heteroatoms. The minimum atomic E-state index is -1.93. The molecule has 0 radical (unpaired) electrons. The van der Waals surface area contributed by atoms with E-state index >= 15 is 4.79 Å². The molecule has 45 nitrogen and oxygen atoms in total. The van der Waals surface area contributed by atoms with Crippen molar-refractivity contribution in [1.29, 1.82) is 5.41 Å². The van der Waals surface area contributed by atoms with Crippen LogP contribution >= 0.6 is 25.3 Å². The van der Waals surface area contributed by atoms with Crippen molar-refractivity contribution in [2.75, 3.05) is 50.9 Å². The van der Waals surface area contributed by atoms with Gasteiger partial charge < -0.3 is 139 Å². The van der Waals surface area contributed by atoms with Crippen molar-refractivity contribution in [2.45, 2.75) is 196 Å². The van der Waals surface area contributed by atoms with Crippen LogP contribution in [0.25, 0.3) is 10.9 Å². The number of H-pyrrole nitrogens is 1. The van der Waals surface area contributed by atoms with Gasteiger partial charge in [0.1, 0.15) is 84.6 Å². The first-order valence-corrected chi connectivity index (χ1v) is 41.5. The Morgan fingerprint density at radius 2 is 0.929 bits per heavy atom. The Kier molecular flexibility index (Phi) is 45.8. The molecule has 0 unspecified atom stereocenters. The SMILES string of the molecule is CC(=O)N[C@@H](CS)C(=O)N[C@@H](CCC(N)=O)C(=O)N[C@H](C(=O)N[C@@H](Cc1c[nH]c2ccccc12)C(=O)N[C@@H](CCC(N)=O)C(=O)N[C@@H](CS)C(=O)N[C@@H](Cc1ccc(O)cc1)C(=O)N[C@H](CC(=O)N[C@@H](CCCNC(=N)N)C(=O)N[C@H](C(=O)N[C@@H](CC(N)=O)C(=O)NCC(=O)NCCOCC(=O)N[C@H](CCCCN)C(N)=O)C(C)C)Cc1ccc(O)cc1)[C@@H](C)O. The molecular formula is C79H117N23O22S2. The van der Waals surface area contributed by atoms with Gasteiger partial charge in [-0.15, -0.1) is 0 Å². The van der Waals surface area contributed by atoms with E-state index in [0.717, 1.165) is 13.8 Å².